The van der Waals surface area contributed by atoms with Crippen LogP contribution in [0.2, 0.25) is 0 Å². The Morgan fingerprint density at radius 2 is 1.00 bits per heavy atom. The number of hydrogen-bond donors (Lipinski definition) is 2. The molecular weight excluding hydrogens is 325 g/mol. The molecule has 80 valence electrons. The first-order chi connectivity index (χ1) is 5.55. The van der Waals surface area contributed by atoms with Gasteiger partial charge in [-0.05, 0) is 0 Å². The molecule has 0 aliphatic carbocycles. The summed E-state index contributed by atoms with van der Waals surface area (Å²) in [5.41, 5.74) is -2.97. The van der Waals surface area contributed by atoms with Crippen LogP contribution in [-0.4, -0.2) is 28.7 Å². The first kappa shape index (κ1) is 15.0. The van der Waals surface area contributed by atoms with Crippen LogP contribution in [0.4, 0.5) is 0 Å². The van der Waals surface area contributed by atoms with E-state index in [0.29, 0.717) is 11.8 Å². The van der Waals surface area contributed by atoms with Crippen molar-refractivity contribution in [2.24, 2.45) is 0 Å². The summed E-state index contributed by atoms with van der Waals surface area (Å²) in [5, 5.41) is 18.3. The normalized spacial score (nSPS) is 18.5. The molecule has 0 aliphatic rings. The molecule has 2 N–H and O–H groups in total. The summed E-state index contributed by atoms with van der Waals surface area (Å²) in [5.74, 6) is 0. The van der Waals surface area contributed by atoms with Gasteiger partial charge in [0.25, 0.3) is 0 Å². The predicted octanol–water partition coefficient (Wildman–Crippen LogP) is 3.10. The third-order valence-electron chi connectivity index (χ3n) is 0.818. The van der Waals surface area contributed by atoms with Crippen molar-refractivity contribution in [3.63, 3.8) is 0 Å². The van der Waals surface area contributed by atoms with Crippen molar-refractivity contribution in [3.8, 4) is 0 Å². The Morgan fingerprint density at radius 1 is 0.769 bits per heavy atom. The van der Waals surface area contributed by atoms with E-state index >= 15 is 0 Å². The molecule has 0 bridgehead atoms. The number of aliphatic hydroxyl groups is 2. The van der Waals surface area contributed by atoms with E-state index < -0.39 is 18.5 Å². The molecule has 0 radical (unpaired) electrons. The average molecular weight is 329 g/mol. The van der Waals surface area contributed by atoms with E-state index in [4.69, 9.17) is 79.8 Å². The molecule has 0 amide bonds. The minimum atomic E-state index is -1.94. The monoisotopic (exact) mass is 326 g/mol. The van der Waals surface area contributed by atoms with Crippen molar-refractivity contribution in [1.29, 1.82) is 0 Å². The van der Waals surface area contributed by atoms with E-state index in [1.54, 1.807) is 0 Å². The molecule has 0 rings (SSSR count). The lowest BCUT2D eigenvalue weighted by Gasteiger charge is -2.24. The Kier molecular flexibility index (Phi) is 6.20. The number of thioether (sulfide) groups is 1. The second-order valence-electron chi connectivity index (χ2n) is 1.92. The SMILES string of the molecule is O[C@@H](S[C@H](O)C(Cl)(Cl)Cl)C(Cl)(Cl)Cl. The highest BCUT2D eigenvalue weighted by Crippen LogP contribution is 2.43. The first-order valence-corrected chi connectivity index (χ1v) is 5.91. The molecule has 13 heavy (non-hydrogen) atoms. The van der Waals surface area contributed by atoms with Crippen LogP contribution >= 0.6 is 81.4 Å². The molecule has 0 aromatic rings. The van der Waals surface area contributed by atoms with Gasteiger partial charge in [-0.25, -0.2) is 0 Å². The van der Waals surface area contributed by atoms with Crippen LogP contribution < -0.4 is 0 Å². The maximum atomic E-state index is 9.15. The zero-order valence-electron chi connectivity index (χ0n) is 5.73. The van der Waals surface area contributed by atoms with Crippen molar-refractivity contribution in [3.05, 3.63) is 0 Å². The second kappa shape index (κ2) is 5.37. The number of aliphatic hydroxyl groups excluding tert-OH is 2. The van der Waals surface area contributed by atoms with Crippen molar-refractivity contribution in [1.82, 2.24) is 0 Å². The van der Waals surface area contributed by atoms with Gasteiger partial charge in [0.1, 0.15) is 10.9 Å². The quantitative estimate of drug-likeness (QED) is 0.604. The van der Waals surface area contributed by atoms with E-state index in [9.17, 15) is 0 Å². The van der Waals surface area contributed by atoms with Crippen LogP contribution in [0.1, 0.15) is 0 Å². The molecule has 0 unspecified atom stereocenters. The van der Waals surface area contributed by atoms with Crippen molar-refractivity contribution < 1.29 is 10.2 Å². The molecule has 0 aromatic heterocycles. The Morgan fingerprint density at radius 3 is 1.15 bits per heavy atom. The standard InChI is InChI=1S/C4H4Cl6O2S/c5-3(6,7)1(11)13-2(12)4(8,9)10/h1-2,11-12H/t1-,2-/m0/s1. The maximum absolute atomic E-state index is 9.15. The summed E-state index contributed by atoms with van der Waals surface area (Å²) < 4.78 is -3.89. The van der Waals surface area contributed by atoms with Crippen molar-refractivity contribution in [2.75, 3.05) is 0 Å². The summed E-state index contributed by atoms with van der Waals surface area (Å²) >= 11 is 32.2. The summed E-state index contributed by atoms with van der Waals surface area (Å²) in [6.07, 6.45) is 0. The molecule has 9 heteroatoms. The lowest BCUT2D eigenvalue weighted by molar-refractivity contribution is 0.240. The van der Waals surface area contributed by atoms with Gasteiger partial charge in [-0.15, -0.1) is 0 Å². The number of alkyl halides is 6. The van der Waals surface area contributed by atoms with E-state index in [0.717, 1.165) is 0 Å². The van der Waals surface area contributed by atoms with Gasteiger partial charge in [0.2, 0.25) is 7.59 Å². The van der Waals surface area contributed by atoms with E-state index in [2.05, 4.69) is 0 Å². The van der Waals surface area contributed by atoms with Gasteiger partial charge in [0.15, 0.2) is 0 Å². The van der Waals surface area contributed by atoms with Gasteiger partial charge in [-0.1, -0.05) is 81.4 Å². The van der Waals surface area contributed by atoms with E-state index in [1.165, 1.54) is 0 Å². The van der Waals surface area contributed by atoms with E-state index in [1.807, 2.05) is 0 Å². The number of halogens is 6. The first-order valence-electron chi connectivity index (χ1n) is 2.70. The highest BCUT2D eigenvalue weighted by Gasteiger charge is 2.39. The van der Waals surface area contributed by atoms with Crippen LogP contribution in [0.15, 0.2) is 0 Å². The summed E-state index contributed by atoms with van der Waals surface area (Å²) in [7, 11) is 0. The minimum absolute atomic E-state index is 0.433. The summed E-state index contributed by atoms with van der Waals surface area (Å²) in [4.78, 5) is 0. The van der Waals surface area contributed by atoms with Gasteiger partial charge in [-0.3, -0.25) is 0 Å². The van der Waals surface area contributed by atoms with Crippen molar-refractivity contribution >= 4 is 81.4 Å². The Hall–Kier alpha value is 2.01. The Balaban J connectivity index is 4.15. The lowest BCUT2D eigenvalue weighted by Crippen LogP contribution is -2.30. The summed E-state index contributed by atoms with van der Waals surface area (Å²) in [6.45, 7) is 0. The second-order valence-corrected chi connectivity index (χ2v) is 7.83. The fraction of sp³-hybridized carbons (Fsp3) is 1.00. The van der Waals surface area contributed by atoms with Gasteiger partial charge in [-0.2, -0.15) is 0 Å². The van der Waals surface area contributed by atoms with Crippen molar-refractivity contribution in [2.45, 2.75) is 18.5 Å². The highest BCUT2D eigenvalue weighted by molar-refractivity contribution is 8.00. The summed E-state index contributed by atoms with van der Waals surface area (Å²) in [6, 6.07) is 0. The van der Waals surface area contributed by atoms with Gasteiger partial charge in [0.05, 0.1) is 0 Å². The fourth-order valence-corrected chi connectivity index (χ4v) is 1.76. The fourth-order valence-electron chi connectivity index (χ4n) is 0.276. The minimum Gasteiger partial charge on any atom is -0.378 e. The van der Waals surface area contributed by atoms with Gasteiger partial charge >= 0.3 is 0 Å². The Labute approximate surface area is 109 Å². The average Bonchev–Trinajstić information content (AvgIpc) is 1.82. The molecule has 0 aliphatic heterocycles. The molecule has 0 saturated heterocycles. The zero-order valence-corrected chi connectivity index (χ0v) is 11.1. The molecule has 2 nitrogen and oxygen atoms in total. The van der Waals surface area contributed by atoms with Gasteiger partial charge in [0, 0.05) is 0 Å². The number of rotatable bonds is 2. The van der Waals surface area contributed by atoms with Crippen LogP contribution in [0.5, 0.6) is 0 Å². The third-order valence-corrected chi connectivity index (χ3v) is 4.06. The molecular formula is C4H4Cl6O2S. The van der Waals surface area contributed by atoms with E-state index in [-0.39, 0.29) is 0 Å². The number of hydrogen-bond acceptors (Lipinski definition) is 3. The maximum Gasteiger partial charge on any atom is 0.225 e. The zero-order chi connectivity index (χ0) is 10.9. The molecule has 2 atom stereocenters. The molecule has 0 spiro atoms. The largest absolute Gasteiger partial charge is 0.378 e. The van der Waals surface area contributed by atoms with Crippen LogP contribution in [0.3, 0.4) is 0 Å². The Bertz CT molecular complexity index is 147. The smallest absolute Gasteiger partial charge is 0.225 e. The van der Waals surface area contributed by atoms with Crippen LogP contribution in [-0.2, 0) is 0 Å². The lowest BCUT2D eigenvalue weighted by atomic mass is 10.8. The third kappa shape index (κ3) is 6.23. The molecule has 0 fully saturated rings. The molecule has 0 saturated carbocycles. The topological polar surface area (TPSA) is 40.5 Å². The van der Waals surface area contributed by atoms with Gasteiger partial charge < -0.3 is 10.2 Å². The van der Waals surface area contributed by atoms with Crippen LogP contribution in [0.25, 0.3) is 0 Å². The highest BCUT2D eigenvalue weighted by atomic mass is 35.6. The predicted molar refractivity (Wildman–Crippen MR) is 60.2 cm³/mol. The van der Waals surface area contributed by atoms with Crippen LogP contribution in [0, 0.1) is 0 Å². The molecule has 0 aromatic carbocycles. The molecule has 0 heterocycles.